The van der Waals surface area contributed by atoms with Crippen LogP contribution in [0.4, 0.5) is 0 Å². The number of hydrogen-bond donors (Lipinski definition) is 1. The molecule has 0 unspecified atom stereocenters. The van der Waals surface area contributed by atoms with E-state index in [-0.39, 0.29) is 0 Å². The van der Waals surface area contributed by atoms with Crippen molar-refractivity contribution >= 4 is 0 Å². The molecule has 1 aromatic heterocycles. The summed E-state index contributed by atoms with van der Waals surface area (Å²) in [4.78, 5) is 7.97. The van der Waals surface area contributed by atoms with E-state index in [1.54, 1.807) is 16.8 Å². The monoisotopic (exact) mass is 133 g/mol. The Kier molecular flexibility index (Phi) is 1.96. The quantitative estimate of drug-likeness (QED) is 0.447. The summed E-state index contributed by atoms with van der Waals surface area (Å²) in [5.74, 6) is 0. The second-order valence-electron chi connectivity index (χ2n) is 1.72. The molecule has 1 aromatic rings. The lowest BCUT2D eigenvalue weighted by atomic mass is 10.7. The lowest BCUT2D eigenvalue weighted by molar-refractivity contribution is 0.0873. The Morgan fingerprint density at radius 1 is 1.67 bits per heavy atom. The highest BCUT2D eigenvalue weighted by Crippen LogP contribution is 1.90. The van der Waals surface area contributed by atoms with E-state index in [2.05, 4.69) is 10.3 Å². The Morgan fingerprint density at radius 3 is 2.78 bits per heavy atom. The second-order valence-corrected chi connectivity index (χ2v) is 1.72. The van der Waals surface area contributed by atoms with Gasteiger partial charge in [0.25, 0.3) is 0 Å². The smallest absolute Gasteiger partial charge is 0.0939 e. The van der Waals surface area contributed by atoms with Gasteiger partial charge in [0, 0.05) is 6.54 Å². The molecule has 0 spiro atoms. The molecule has 0 saturated carbocycles. The first kappa shape index (κ1) is 6.44. The normalized spacial score (nSPS) is 10.9. The lowest BCUT2D eigenvalue weighted by Crippen LogP contribution is -2.16. The van der Waals surface area contributed by atoms with Crippen LogP contribution in [0.1, 0.15) is 0 Å². The standard InChI is InChI=1S/C4H11N3O2/c1-6-7(9-6)4-3-5-8-2/h5H,3-4H2,1-2H3. The molecule has 0 aliphatic carbocycles. The molecule has 0 radical (unpaired) electrons. The average Bonchev–Trinajstić information content (AvgIpc) is 2.48. The molecule has 5 heteroatoms. The fourth-order valence-electron chi connectivity index (χ4n) is 0.545. The number of aromatic nitrogens is 2. The number of rotatable bonds is 4. The van der Waals surface area contributed by atoms with Gasteiger partial charge in [-0.3, -0.25) is 4.63 Å². The summed E-state index contributed by atoms with van der Waals surface area (Å²) in [5, 5.41) is 0. The molecule has 0 aliphatic heterocycles. The number of aryl methyl sites for hydroxylation is 1. The van der Waals surface area contributed by atoms with Gasteiger partial charge in [0.2, 0.25) is 0 Å². The van der Waals surface area contributed by atoms with Gasteiger partial charge >= 0.3 is 0 Å². The predicted molar refractivity (Wildman–Crippen MR) is 30.7 cm³/mol. The van der Waals surface area contributed by atoms with Crippen LogP contribution in [-0.2, 0) is 18.4 Å². The number of hydrogen-bond acceptors (Lipinski definition) is 3. The van der Waals surface area contributed by atoms with E-state index in [1.807, 2.05) is 7.05 Å². The number of hydroxylamine groups is 1. The highest BCUT2D eigenvalue weighted by atomic mass is 16.8. The average molecular weight is 133 g/mol. The number of nitrogens with zero attached hydrogens (tertiary/aromatic N) is 2. The summed E-state index contributed by atoms with van der Waals surface area (Å²) in [6.45, 7) is 1.57. The van der Waals surface area contributed by atoms with Crippen LogP contribution in [0.5, 0.6) is 0 Å². The number of nitrogens with one attached hydrogen (secondary N) is 1. The van der Waals surface area contributed by atoms with Crippen molar-refractivity contribution in [2.24, 2.45) is 7.05 Å². The Morgan fingerprint density at radius 2 is 2.33 bits per heavy atom. The minimum absolute atomic E-state index is 0.765. The molecule has 0 amide bonds. The van der Waals surface area contributed by atoms with Crippen molar-refractivity contribution in [2.75, 3.05) is 13.7 Å². The minimum atomic E-state index is 0.765. The first-order valence-corrected chi connectivity index (χ1v) is 2.79. The zero-order valence-electron chi connectivity index (χ0n) is 5.63. The van der Waals surface area contributed by atoms with Gasteiger partial charge in [-0.05, 0) is 0 Å². The summed E-state index contributed by atoms with van der Waals surface area (Å²) < 4.78 is 4.83. The Labute approximate surface area is 53.0 Å². The summed E-state index contributed by atoms with van der Waals surface area (Å²) >= 11 is 0. The molecule has 0 fully saturated rings. The van der Waals surface area contributed by atoms with E-state index in [4.69, 9.17) is 4.63 Å². The zero-order chi connectivity index (χ0) is 6.69. The van der Waals surface area contributed by atoms with Crippen LogP contribution in [0.25, 0.3) is 0 Å². The van der Waals surface area contributed by atoms with Gasteiger partial charge < -0.3 is 4.84 Å². The first-order chi connectivity index (χ1) is 4.34. The summed E-state index contributed by atoms with van der Waals surface area (Å²) in [5.41, 5.74) is 2.69. The van der Waals surface area contributed by atoms with Gasteiger partial charge in [-0.15, -0.1) is 0 Å². The third-order valence-electron chi connectivity index (χ3n) is 1.05. The van der Waals surface area contributed by atoms with Gasteiger partial charge in [0.1, 0.15) is 0 Å². The van der Waals surface area contributed by atoms with Crippen molar-refractivity contribution in [1.82, 2.24) is 15.2 Å². The van der Waals surface area contributed by atoms with Crippen molar-refractivity contribution < 1.29 is 9.47 Å². The highest BCUT2D eigenvalue weighted by molar-refractivity contribution is 4.33. The minimum Gasteiger partial charge on any atom is -0.305 e. The zero-order valence-corrected chi connectivity index (χ0v) is 5.63. The van der Waals surface area contributed by atoms with Crippen LogP contribution in [0, 0.1) is 0 Å². The molecule has 0 saturated heterocycles. The van der Waals surface area contributed by atoms with Crippen molar-refractivity contribution in [2.45, 2.75) is 6.54 Å². The molecule has 0 aliphatic rings. The molecular weight excluding hydrogens is 122 g/mol. The molecule has 1 rings (SSSR count). The highest BCUT2D eigenvalue weighted by Gasteiger charge is 2.01. The molecule has 54 valence electrons. The molecule has 0 aromatic carbocycles. The molecule has 1 N–H and O–H groups in total. The fraction of sp³-hybridized carbons (Fsp3) is 1.00. The summed E-state index contributed by atoms with van der Waals surface area (Å²) in [6, 6.07) is 0. The third kappa shape index (κ3) is 1.95. The van der Waals surface area contributed by atoms with Crippen LogP contribution in [0.2, 0.25) is 0 Å². The molecule has 1 heterocycles. The van der Waals surface area contributed by atoms with E-state index < -0.39 is 0 Å². The van der Waals surface area contributed by atoms with E-state index in [9.17, 15) is 0 Å². The predicted octanol–water partition coefficient (Wildman–Crippen LogP) is -0.429. The first-order valence-electron chi connectivity index (χ1n) is 2.79. The summed E-state index contributed by atoms with van der Waals surface area (Å²) in [7, 11) is 3.43. The second kappa shape index (κ2) is 2.75. The van der Waals surface area contributed by atoms with Crippen molar-refractivity contribution in [1.29, 1.82) is 0 Å². The van der Waals surface area contributed by atoms with E-state index in [0.717, 1.165) is 13.1 Å². The van der Waals surface area contributed by atoms with Gasteiger partial charge in [-0.2, -0.15) is 0 Å². The van der Waals surface area contributed by atoms with Crippen LogP contribution >= 0.6 is 0 Å². The van der Waals surface area contributed by atoms with Gasteiger partial charge in [0.05, 0.1) is 20.7 Å². The van der Waals surface area contributed by atoms with Crippen LogP contribution in [-0.4, -0.2) is 23.4 Å². The largest absolute Gasteiger partial charge is 0.305 e. The summed E-state index contributed by atoms with van der Waals surface area (Å²) in [6.07, 6.45) is 0. The third-order valence-corrected chi connectivity index (χ3v) is 1.05. The maximum absolute atomic E-state index is 4.83. The van der Waals surface area contributed by atoms with Gasteiger partial charge in [-0.1, -0.05) is 9.71 Å². The van der Waals surface area contributed by atoms with Crippen LogP contribution in [0.3, 0.4) is 0 Å². The SMILES string of the molecule is CONCCn1on1C. The lowest BCUT2D eigenvalue weighted by Gasteiger charge is -1.94. The molecule has 5 nitrogen and oxygen atoms in total. The van der Waals surface area contributed by atoms with E-state index in [1.165, 1.54) is 0 Å². The van der Waals surface area contributed by atoms with Crippen LogP contribution < -0.4 is 5.48 Å². The molecule has 9 heavy (non-hydrogen) atoms. The van der Waals surface area contributed by atoms with Crippen molar-refractivity contribution in [3.8, 4) is 0 Å². The van der Waals surface area contributed by atoms with E-state index >= 15 is 0 Å². The van der Waals surface area contributed by atoms with E-state index in [0.29, 0.717) is 0 Å². The molecular formula is C4H11N3O2. The van der Waals surface area contributed by atoms with Crippen molar-refractivity contribution in [3.63, 3.8) is 0 Å². The Bertz CT molecular complexity index is 153. The molecule has 0 bridgehead atoms. The van der Waals surface area contributed by atoms with Gasteiger partial charge in [0.15, 0.2) is 0 Å². The molecule has 0 atom stereocenters. The van der Waals surface area contributed by atoms with Crippen LogP contribution in [0.15, 0.2) is 4.63 Å². The fourth-order valence-corrected chi connectivity index (χ4v) is 0.545. The maximum Gasteiger partial charge on any atom is 0.0939 e. The maximum atomic E-state index is 4.83. The van der Waals surface area contributed by atoms with Gasteiger partial charge in [-0.25, -0.2) is 5.48 Å². The Hall–Kier alpha value is -0.680. The van der Waals surface area contributed by atoms with Crippen molar-refractivity contribution in [3.05, 3.63) is 0 Å². The Balaban J connectivity index is 1.96. The topological polar surface area (TPSA) is 44.3 Å².